The fourth-order valence-electron chi connectivity index (χ4n) is 2.29. The van der Waals surface area contributed by atoms with Crippen LogP contribution in [-0.4, -0.2) is 35.6 Å². The first-order valence-corrected chi connectivity index (χ1v) is 6.01. The van der Waals surface area contributed by atoms with Crippen molar-refractivity contribution >= 4 is 0 Å². The third-order valence-electron chi connectivity index (χ3n) is 2.83. The molecule has 0 aromatic carbocycles. The van der Waals surface area contributed by atoms with E-state index in [-0.39, 0.29) is 31.1 Å². The maximum absolute atomic E-state index is 4.53. The molecule has 0 aromatic rings. The van der Waals surface area contributed by atoms with Crippen molar-refractivity contribution in [1.82, 2.24) is 4.90 Å². The minimum absolute atomic E-state index is 0. The zero-order valence-electron chi connectivity index (χ0n) is 11.7. The second-order valence-electron chi connectivity index (χ2n) is 6.23. The predicted octanol–water partition coefficient (Wildman–Crippen LogP) is 3.24. The molecule has 2 rings (SSSR count). The molecule has 2 heterocycles. The van der Waals surface area contributed by atoms with E-state index in [4.69, 9.17) is 0 Å². The number of rotatable bonds is 0. The monoisotopic (exact) mass is 448 g/mol. The SMILES string of the molecule is CC(C)(C)N1CC2CC1C[N-]2.C[C-](C)C.[U+2]. The first kappa shape index (κ1) is 17.0. The van der Waals surface area contributed by atoms with E-state index in [1.165, 1.54) is 18.9 Å². The number of likely N-dealkylation sites (tertiary alicyclic amines) is 1. The van der Waals surface area contributed by atoms with Gasteiger partial charge in [0, 0.05) is 5.54 Å². The Morgan fingerprint density at radius 3 is 1.88 bits per heavy atom. The Morgan fingerprint density at radius 1 is 1.19 bits per heavy atom. The molecule has 0 aromatic heterocycles. The van der Waals surface area contributed by atoms with Crippen molar-refractivity contribution in [2.45, 2.75) is 65.6 Å². The van der Waals surface area contributed by atoms with E-state index in [9.17, 15) is 0 Å². The summed E-state index contributed by atoms with van der Waals surface area (Å²) >= 11 is 0. The molecule has 2 fully saturated rings. The van der Waals surface area contributed by atoms with Crippen LogP contribution in [0.3, 0.4) is 0 Å². The topological polar surface area (TPSA) is 17.3 Å². The first-order valence-electron chi connectivity index (χ1n) is 6.01. The van der Waals surface area contributed by atoms with E-state index in [0.29, 0.717) is 11.6 Å². The van der Waals surface area contributed by atoms with Crippen molar-refractivity contribution in [2.75, 3.05) is 13.1 Å². The summed E-state index contributed by atoms with van der Waals surface area (Å²) in [5.41, 5.74) is 0.357. The number of nitrogens with zero attached hydrogens (tertiary/aromatic N) is 2. The third-order valence-corrected chi connectivity index (χ3v) is 2.83. The second-order valence-corrected chi connectivity index (χ2v) is 6.23. The summed E-state index contributed by atoms with van der Waals surface area (Å²) in [6.45, 7) is 15.4. The third kappa shape index (κ3) is 5.09. The molecule has 0 saturated carbocycles. The van der Waals surface area contributed by atoms with Gasteiger partial charge in [-0.05, 0) is 33.4 Å². The van der Waals surface area contributed by atoms with Gasteiger partial charge >= 0.3 is 31.1 Å². The quantitative estimate of drug-likeness (QED) is 0.521. The summed E-state index contributed by atoms with van der Waals surface area (Å²) in [6, 6.07) is 1.43. The van der Waals surface area contributed by atoms with Gasteiger partial charge in [0.15, 0.2) is 0 Å². The van der Waals surface area contributed by atoms with Gasteiger partial charge in [0.25, 0.3) is 0 Å². The number of piperazine rings is 1. The van der Waals surface area contributed by atoms with Crippen LogP contribution in [0.1, 0.15) is 48.0 Å². The van der Waals surface area contributed by atoms with Crippen LogP contribution in [-0.2, 0) is 0 Å². The fourth-order valence-corrected chi connectivity index (χ4v) is 2.29. The summed E-state index contributed by atoms with van der Waals surface area (Å²) in [5, 5.41) is 4.53. The average molecular weight is 448 g/mol. The molecule has 2 bridgehead atoms. The first-order chi connectivity index (χ1) is 6.80. The minimum Gasteiger partial charge on any atom is -0.657 e. The molecule has 0 N–H and O–H groups in total. The van der Waals surface area contributed by atoms with Crippen LogP contribution >= 0.6 is 0 Å². The molecule has 2 aliphatic heterocycles. The van der Waals surface area contributed by atoms with Gasteiger partial charge in [0.2, 0.25) is 0 Å². The fraction of sp³-hybridized carbons (Fsp3) is 0.923. The van der Waals surface area contributed by atoms with Crippen molar-refractivity contribution in [3.63, 3.8) is 0 Å². The van der Waals surface area contributed by atoms with Crippen molar-refractivity contribution in [1.29, 1.82) is 0 Å². The molecule has 0 spiro atoms. The van der Waals surface area contributed by atoms with Crippen LogP contribution in [0.5, 0.6) is 0 Å². The molecule has 0 amide bonds. The van der Waals surface area contributed by atoms with Crippen LogP contribution in [0.4, 0.5) is 0 Å². The molecule has 92 valence electrons. The molecule has 2 aliphatic rings. The molecule has 2 unspecified atom stereocenters. The van der Waals surface area contributed by atoms with E-state index in [0.717, 1.165) is 12.6 Å². The molecular formula is C13H26N2U. The van der Waals surface area contributed by atoms with Gasteiger partial charge in [-0.1, -0.05) is 6.42 Å². The van der Waals surface area contributed by atoms with E-state index < -0.39 is 0 Å². The standard InChI is InChI=1S/C9H17N2.C4H9.U/c1-9(2,3)11-6-7-4-8(11)5-10-7;1-4(2)3;/h7-8H,4-6H2,1-3H3;1-3H3;/q2*-1;+2. The van der Waals surface area contributed by atoms with E-state index in [2.05, 4.69) is 51.8 Å². The Hall–Kier alpha value is 0.972. The molecule has 16 heavy (non-hydrogen) atoms. The van der Waals surface area contributed by atoms with Gasteiger partial charge in [-0.2, -0.15) is 20.8 Å². The van der Waals surface area contributed by atoms with Gasteiger partial charge in [-0.25, -0.2) is 0 Å². The van der Waals surface area contributed by atoms with Crippen molar-refractivity contribution in [3.8, 4) is 0 Å². The molecule has 0 radical (unpaired) electrons. The summed E-state index contributed by atoms with van der Waals surface area (Å²) < 4.78 is 0. The number of hydrogen-bond donors (Lipinski definition) is 0. The summed E-state index contributed by atoms with van der Waals surface area (Å²) in [7, 11) is 0. The van der Waals surface area contributed by atoms with Gasteiger partial charge in [0.05, 0.1) is 0 Å². The van der Waals surface area contributed by atoms with Gasteiger partial charge < -0.3 is 11.2 Å². The molecular weight excluding hydrogens is 422 g/mol. The molecule has 2 nitrogen and oxygen atoms in total. The predicted molar refractivity (Wildman–Crippen MR) is 67.1 cm³/mol. The zero-order valence-corrected chi connectivity index (χ0v) is 15.8. The Kier molecular flexibility index (Phi) is 7.20. The molecule has 3 heteroatoms. The largest absolute Gasteiger partial charge is 2.00 e. The Labute approximate surface area is 125 Å². The van der Waals surface area contributed by atoms with Crippen molar-refractivity contribution in [3.05, 3.63) is 11.2 Å². The Bertz CT molecular complexity index is 196. The van der Waals surface area contributed by atoms with Crippen LogP contribution in [0.25, 0.3) is 5.32 Å². The van der Waals surface area contributed by atoms with Crippen LogP contribution in [0.2, 0.25) is 0 Å². The van der Waals surface area contributed by atoms with Crippen LogP contribution in [0.15, 0.2) is 0 Å². The maximum atomic E-state index is 4.53. The van der Waals surface area contributed by atoms with Crippen LogP contribution in [0, 0.1) is 37.0 Å². The van der Waals surface area contributed by atoms with Gasteiger partial charge in [-0.3, -0.25) is 4.90 Å². The van der Waals surface area contributed by atoms with Gasteiger partial charge in [0.1, 0.15) is 0 Å². The molecule has 0 aliphatic carbocycles. The summed E-state index contributed by atoms with van der Waals surface area (Å²) in [4.78, 5) is 2.60. The van der Waals surface area contributed by atoms with E-state index in [1.54, 1.807) is 0 Å². The number of hydrogen-bond acceptors (Lipinski definition) is 1. The van der Waals surface area contributed by atoms with E-state index >= 15 is 0 Å². The second kappa shape index (κ2) is 6.78. The van der Waals surface area contributed by atoms with E-state index in [1.807, 2.05) is 0 Å². The molecule has 2 saturated heterocycles. The van der Waals surface area contributed by atoms with Crippen molar-refractivity contribution in [2.24, 2.45) is 0 Å². The summed E-state index contributed by atoms with van der Waals surface area (Å²) in [6.07, 6.45) is 1.32. The normalized spacial score (nSPS) is 28.7. The van der Waals surface area contributed by atoms with Gasteiger partial charge in [-0.15, -0.1) is 12.6 Å². The molecule has 2 atom stereocenters. The summed E-state index contributed by atoms with van der Waals surface area (Å²) in [5.74, 6) is 1.42. The number of fused-ring (bicyclic) bond motifs is 2. The minimum atomic E-state index is 0. The Balaban J connectivity index is 0.000000397. The average Bonchev–Trinajstić information content (AvgIpc) is 2.60. The smallest absolute Gasteiger partial charge is 0.657 e. The van der Waals surface area contributed by atoms with Crippen molar-refractivity contribution < 1.29 is 31.1 Å². The maximum Gasteiger partial charge on any atom is 2.00 e. The van der Waals surface area contributed by atoms with Crippen LogP contribution < -0.4 is 0 Å². The zero-order chi connectivity index (χ0) is 11.6. The Morgan fingerprint density at radius 2 is 1.69 bits per heavy atom.